The summed E-state index contributed by atoms with van der Waals surface area (Å²) >= 11 is 1.24. The highest BCUT2D eigenvalue weighted by Crippen LogP contribution is 2.36. The van der Waals surface area contributed by atoms with Crippen LogP contribution >= 0.6 is 11.8 Å². The van der Waals surface area contributed by atoms with E-state index in [1.807, 2.05) is 86.6 Å². The summed E-state index contributed by atoms with van der Waals surface area (Å²) in [5, 5.41) is 11.2. The van der Waals surface area contributed by atoms with Crippen LogP contribution in [0.3, 0.4) is 0 Å². The summed E-state index contributed by atoms with van der Waals surface area (Å²) in [6.07, 6.45) is 0.502. The van der Waals surface area contributed by atoms with Gasteiger partial charge in [0.05, 0.1) is 13.5 Å². The number of ether oxygens (including phenoxy) is 1. The van der Waals surface area contributed by atoms with Gasteiger partial charge in [-0.15, -0.1) is 10.2 Å². The van der Waals surface area contributed by atoms with Crippen LogP contribution in [0.15, 0.2) is 82.4 Å². The number of thioether (sulfide) groups is 1. The maximum Gasteiger partial charge on any atom is 0.277 e. The minimum Gasteiger partial charge on any atom is -0.497 e. The molecule has 0 aliphatic carbocycles. The number of nitrogens with zero attached hydrogens (tertiary/aromatic N) is 2. The van der Waals surface area contributed by atoms with E-state index in [-0.39, 0.29) is 5.91 Å². The number of rotatable bonds is 8. The largest absolute Gasteiger partial charge is 0.497 e. The number of carbonyl (C=O) groups is 1. The molecule has 33 heavy (non-hydrogen) atoms. The number of benzene rings is 3. The fraction of sp³-hybridized carbons (Fsp3) is 0.192. The van der Waals surface area contributed by atoms with Gasteiger partial charge in [0.2, 0.25) is 11.8 Å². The Hall–Kier alpha value is -3.58. The molecule has 168 valence electrons. The van der Waals surface area contributed by atoms with Crippen molar-refractivity contribution in [2.45, 2.75) is 30.7 Å². The smallest absolute Gasteiger partial charge is 0.277 e. The molecule has 3 aromatic carbocycles. The van der Waals surface area contributed by atoms with Crippen LogP contribution in [-0.4, -0.2) is 23.2 Å². The Balaban J connectivity index is 1.52. The van der Waals surface area contributed by atoms with Crippen molar-refractivity contribution < 1.29 is 13.9 Å². The molecule has 0 bridgehead atoms. The molecule has 4 rings (SSSR count). The van der Waals surface area contributed by atoms with Crippen LogP contribution < -0.4 is 10.1 Å². The van der Waals surface area contributed by atoms with Crippen LogP contribution in [0.5, 0.6) is 5.75 Å². The molecule has 0 fully saturated rings. The van der Waals surface area contributed by atoms with Gasteiger partial charge in [0.15, 0.2) is 0 Å². The van der Waals surface area contributed by atoms with Crippen LogP contribution in [-0.2, 0) is 11.2 Å². The van der Waals surface area contributed by atoms with E-state index in [9.17, 15) is 4.79 Å². The predicted octanol–water partition coefficient (Wildman–Crippen LogP) is 5.76. The van der Waals surface area contributed by atoms with Crippen molar-refractivity contribution in [2.75, 3.05) is 12.4 Å². The number of anilines is 1. The van der Waals surface area contributed by atoms with E-state index >= 15 is 0 Å². The highest BCUT2D eigenvalue weighted by molar-refractivity contribution is 8.00. The molecule has 7 heteroatoms. The number of amides is 1. The number of aromatic nitrogens is 2. The van der Waals surface area contributed by atoms with Gasteiger partial charge < -0.3 is 14.5 Å². The molecule has 0 aliphatic heterocycles. The van der Waals surface area contributed by atoms with Crippen molar-refractivity contribution in [2.24, 2.45) is 0 Å². The van der Waals surface area contributed by atoms with E-state index in [0.29, 0.717) is 17.5 Å². The first-order valence-electron chi connectivity index (χ1n) is 10.6. The van der Waals surface area contributed by atoms with Crippen LogP contribution in [0.25, 0.3) is 0 Å². The van der Waals surface area contributed by atoms with Crippen molar-refractivity contribution >= 4 is 23.4 Å². The fourth-order valence-electron chi connectivity index (χ4n) is 3.35. The maximum absolute atomic E-state index is 13.3. The number of nitrogens with one attached hydrogen (secondary N) is 1. The van der Waals surface area contributed by atoms with E-state index in [1.165, 1.54) is 11.8 Å². The van der Waals surface area contributed by atoms with Crippen LogP contribution in [0, 0.1) is 13.8 Å². The Morgan fingerprint density at radius 2 is 1.79 bits per heavy atom. The molecule has 0 saturated heterocycles. The van der Waals surface area contributed by atoms with Gasteiger partial charge in [-0.3, -0.25) is 4.79 Å². The average molecular weight is 460 g/mol. The minimum atomic E-state index is -0.541. The van der Waals surface area contributed by atoms with Crippen molar-refractivity contribution in [3.63, 3.8) is 0 Å². The summed E-state index contributed by atoms with van der Waals surface area (Å²) in [6.45, 7) is 3.98. The summed E-state index contributed by atoms with van der Waals surface area (Å²) in [7, 11) is 1.64. The van der Waals surface area contributed by atoms with E-state index in [2.05, 4.69) is 15.5 Å². The molecule has 1 unspecified atom stereocenters. The number of carbonyl (C=O) groups excluding carboxylic acids is 1. The zero-order chi connectivity index (χ0) is 23.2. The molecule has 0 saturated carbocycles. The minimum absolute atomic E-state index is 0.144. The zero-order valence-corrected chi connectivity index (χ0v) is 19.6. The Labute approximate surface area is 197 Å². The summed E-state index contributed by atoms with van der Waals surface area (Å²) in [6, 6.07) is 23.3. The van der Waals surface area contributed by atoms with Crippen LogP contribution in [0.2, 0.25) is 0 Å². The van der Waals surface area contributed by atoms with Gasteiger partial charge >= 0.3 is 0 Å². The van der Waals surface area contributed by atoms with Gasteiger partial charge in [-0.05, 0) is 66.1 Å². The number of hydrogen-bond acceptors (Lipinski definition) is 6. The highest BCUT2D eigenvalue weighted by atomic mass is 32.2. The second kappa shape index (κ2) is 10.4. The Kier molecular flexibility index (Phi) is 7.10. The lowest BCUT2D eigenvalue weighted by atomic mass is 10.1. The quantitative estimate of drug-likeness (QED) is 0.338. The number of hydrogen-bond donors (Lipinski definition) is 1. The van der Waals surface area contributed by atoms with Crippen molar-refractivity contribution in [1.82, 2.24) is 10.2 Å². The molecule has 1 aromatic heterocycles. The SMILES string of the molecule is COc1ccc(Cc2nnc(SC(C(=O)Nc3cc(C)ccc3C)c3ccccc3)o2)cc1. The van der Waals surface area contributed by atoms with E-state index in [0.717, 1.165) is 33.7 Å². The fourth-order valence-corrected chi connectivity index (χ4v) is 4.24. The predicted molar refractivity (Wildman–Crippen MR) is 130 cm³/mol. The molecule has 4 aromatic rings. The third kappa shape index (κ3) is 5.81. The molecular formula is C26H25N3O3S. The summed E-state index contributed by atoms with van der Waals surface area (Å²) in [4.78, 5) is 13.3. The average Bonchev–Trinajstić information content (AvgIpc) is 3.27. The second-order valence-electron chi connectivity index (χ2n) is 7.70. The lowest BCUT2D eigenvalue weighted by molar-refractivity contribution is -0.115. The highest BCUT2D eigenvalue weighted by Gasteiger charge is 2.25. The molecule has 1 N–H and O–H groups in total. The molecular weight excluding hydrogens is 434 g/mol. The Morgan fingerprint density at radius 3 is 2.52 bits per heavy atom. The normalized spacial score (nSPS) is 11.7. The van der Waals surface area contributed by atoms with Gasteiger partial charge in [0.1, 0.15) is 11.0 Å². The summed E-state index contributed by atoms with van der Waals surface area (Å²) in [5.41, 5.74) is 4.78. The van der Waals surface area contributed by atoms with E-state index in [1.54, 1.807) is 7.11 Å². The molecule has 6 nitrogen and oxygen atoms in total. The molecule has 1 atom stereocenters. The van der Waals surface area contributed by atoms with Crippen LogP contribution in [0.1, 0.15) is 33.4 Å². The molecule has 0 aliphatic rings. The standard InChI is InChI=1S/C26H25N3O3S/c1-17-9-10-18(2)22(15-17)27-25(30)24(20-7-5-4-6-8-20)33-26-29-28-23(32-26)16-19-11-13-21(31-3)14-12-19/h4-15,24H,16H2,1-3H3,(H,27,30). The van der Waals surface area contributed by atoms with Gasteiger partial charge in [-0.2, -0.15) is 0 Å². The van der Waals surface area contributed by atoms with Gasteiger partial charge in [0.25, 0.3) is 5.22 Å². The topological polar surface area (TPSA) is 77.2 Å². The number of methoxy groups -OCH3 is 1. The first-order chi connectivity index (χ1) is 16.0. The molecule has 1 amide bonds. The Bertz CT molecular complexity index is 1220. The van der Waals surface area contributed by atoms with Crippen molar-refractivity contribution in [3.8, 4) is 5.75 Å². The second-order valence-corrected chi connectivity index (χ2v) is 8.76. The third-order valence-electron chi connectivity index (χ3n) is 5.17. The zero-order valence-electron chi connectivity index (χ0n) is 18.7. The first kappa shape index (κ1) is 22.6. The molecule has 0 radical (unpaired) electrons. The monoisotopic (exact) mass is 459 g/mol. The van der Waals surface area contributed by atoms with Crippen molar-refractivity contribution in [3.05, 3.63) is 101 Å². The third-order valence-corrected chi connectivity index (χ3v) is 6.26. The van der Waals surface area contributed by atoms with Gasteiger partial charge in [0, 0.05) is 5.69 Å². The lowest BCUT2D eigenvalue weighted by Gasteiger charge is -2.16. The molecule has 0 spiro atoms. The van der Waals surface area contributed by atoms with E-state index in [4.69, 9.17) is 9.15 Å². The van der Waals surface area contributed by atoms with Crippen molar-refractivity contribution in [1.29, 1.82) is 0 Å². The summed E-state index contributed by atoms with van der Waals surface area (Å²) in [5.74, 6) is 1.14. The number of aryl methyl sites for hydroxylation is 2. The van der Waals surface area contributed by atoms with E-state index < -0.39 is 5.25 Å². The maximum atomic E-state index is 13.3. The van der Waals surface area contributed by atoms with Crippen LogP contribution in [0.4, 0.5) is 5.69 Å². The van der Waals surface area contributed by atoms with Gasteiger partial charge in [-0.1, -0.05) is 54.6 Å². The summed E-state index contributed by atoms with van der Waals surface area (Å²) < 4.78 is 11.1. The first-order valence-corrected chi connectivity index (χ1v) is 11.4. The lowest BCUT2D eigenvalue weighted by Crippen LogP contribution is -2.19. The van der Waals surface area contributed by atoms with Gasteiger partial charge in [-0.25, -0.2) is 0 Å². The molecule has 1 heterocycles. The Morgan fingerprint density at radius 1 is 1.03 bits per heavy atom.